The Labute approximate surface area is 255 Å². The van der Waals surface area contributed by atoms with Crippen LogP contribution in [0.4, 0.5) is 35.1 Å². The van der Waals surface area contributed by atoms with E-state index in [1.165, 1.54) is 4.90 Å². The molecule has 1 saturated heterocycles. The van der Waals surface area contributed by atoms with E-state index in [1.54, 1.807) is 13.8 Å². The Balaban J connectivity index is 1.60. The lowest BCUT2D eigenvalue weighted by atomic mass is 9.74. The Hall–Kier alpha value is -2.74. The van der Waals surface area contributed by atoms with E-state index in [0.717, 1.165) is 30.3 Å². The van der Waals surface area contributed by atoms with Gasteiger partial charge < -0.3 is 10.0 Å². The first kappa shape index (κ1) is 33.6. The molecule has 5 rings (SSSR count). The minimum Gasteiger partial charge on any atom is -0.390 e. The zero-order chi connectivity index (χ0) is 33.4. The number of carbonyl (C=O) groups excluding carboxylic acids is 1. The third kappa shape index (κ3) is 5.23. The smallest absolute Gasteiger partial charge is 0.390 e. The minimum absolute atomic E-state index is 0.0372. The Kier molecular flexibility index (Phi) is 8.16. The zero-order valence-electron chi connectivity index (χ0n) is 24.5. The molecule has 0 radical (unpaired) electrons. The number of rotatable bonds is 5. The molecule has 3 aliphatic rings. The summed E-state index contributed by atoms with van der Waals surface area (Å²) in [7, 11) is -4.55. The second-order valence-corrected chi connectivity index (χ2v) is 15.1. The highest BCUT2D eigenvalue weighted by molar-refractivity contribution is 7.92. The molecule has 0 aromatic heterocycles. The standard InChI is InChI=1S/C31H33F8NO4S/c1-27(2,42)20-6-3-18(4-7-20)26(41)40-16-15-28(45(43,44)23-11-9-22(32)10-12-23)24-13-8-21(17-19(24)5-14-25(28)40)29(33,30(34,35)36)31(37,38)39/h8-13,17-18,20,25,42H,3-7,14-16H2,1-2H3/t18-,20-,25-,28-/m1/s1. The predicted molar refractivity (Wildman–Crippen MR) is 147 cm³/mol. The topological polar surface area (TPSA) is 74.7 Å². The Morgan fingerprint density at radius 2 is 1.47 bits per heavy atom. The van der Waals surface area contributed by atoms with Crippen molar-refractivity contribution in [2.24, 2.45) is 11.8 Å². The Morgan fingerprint density at radius 1 is 0.889 bits per heavy atom. The molecule has 14 heteroatoms. The van der Waals surface area contributed by atoms with Gasteiger partial charge in [0, 0.05) is 18.0 Å². The predicted octanol–water partition coefficient (Wildman–Crippen LogP) is 6.91. The Bertz CT molecular complexity index is 1540. The molecule has 0 unspecified atom stereocenters. The van der Waals surface area contributed by atoms with Gasteiger partial charge in [0.2, 0.25) is 5.91 Å². The third-order valence-electron chi connectivity index (χ3n) is 10.0. The van der Waals surface area contributed by atoms with Crippen LogP contribution in [0.2, 0.25) is 0 Å². The average Bonchev–Trinajstić information content (AvgIpc) is 3.36. The summed E-state index contributed by atoms with van der Waals surface area (Å²) in [5.74, 6) is -1.56. The number of aliphatic hydroxyl groups is 1. The minimum atomic E-state index is -6.35. The van der Waals surface area contributed by atoms with Crippen LogP contribution in [-0.4, -0.2) is 54.9 Å². The number of halogens is 8. The van der Waals surface area contributed by atoms with E-state index in [-0.39, 0.29) is 53.7 Å². The molecule has 2 fully saturated rings. The van der Waals surface area contributed by atoms with Gasteiger partial charge in [-0.3, -0.25) is 4.79 Å². The van der Waals surface area contributed by atoms with Crippen LogP contribution in [0, 0.1) is 17.7 Å². The number of amides is 1. The van der Waals surface area contributed by atoms with Crippen molar-refractivity contribution >= 4 is 15.7 Å². The normalized spacial score (nSPS) is 26.4. The number of alkyl halides is 7. The Morgan fingerprint density at radius 3 is 2.00 bits per heavy atom. The van der Waals surface area contributed by atoms with E-state index in [2.05, 4.69) is 0 Å². The molecule has 2 atom stereocenters. The van der Waals surface area contributed by atoms with E-state index in [4.69, 9.17) is 0 Å². The van der Waals surface area contributed by atoms with Gasteiger partial charge in [-0.15, -0.1) is 0 Å². The van der Waals surface area contributed by atoms with Crippen LogP contribution in [0.5, 0.6) is 0 Å². The number of benzene rings is 2. The first-order valence-electron chi connectivity index (χ1n) is 14.7. The molecule has 0 bridgehead atoms. The van der Waals surface area contributed by atoms with Crippen LogP contribution in [0.15, 0.2) is 47.4 Å². The van der Waals surface area contributed by atoms with Gasteiger partial charge in [0.15, 0.2) is 9.84 Å². The van der Waals surface area contributed by atoms with Crippen molar-refractivity contribution in [1.82, 2.24) is 4.90 Å². The number of aryl methyl sites for hydroxylation is 1. The highest BCUT2D eigenvalue weighted by Gasteiger charge is 2.74. The van der Waals surface area contributed by atoms with Crippen LogP contribution in [0.25, 0.3) is 0 Å². The van der Waals surface area contributed by atoms with Crippen molar-refractivity contribution in [2.45, 2.75) is 98.1 Å². The summed E-state index contributed by atoms with van der Waals surface area (Å²) in [4.78, 5) is 15.0. The van der Waals surface area contributed by atoms with Crippen LogP contribution >= 0.6 is 0 Å². The maximum Gasteiger partial charge on any atom is 0.435 e. The molecule has 0 spiro atoms. The first-order chi connectivity index (χ1) is 20.7. The first-order valence-corrected chi connectivity index (χ1v) is 16.1. The molecule has 2 aliphatic carbocycles. The van der Waals surface area contributed by atoms with E-state index >= 15 is 4.39 Å². The highest BCUT2D eigenvalue weighted by Crippen LogP contribution is 2.57. The lowest BCUT2D eigenvalue weighted by Crippen LogP contribution is -2.54. The van der Waals surface area contributed by atoms with Crippen LogP contribution in [0.1, 0.15) is 69.1 Å². The van der Waals surface area contributed by atoms with Crippen LogP contribution < -0.4 is 0 Å². The average molecular weight is 668 g/mol. The monoisotopic (exact) mass is 667 g/mol. The van der Waals surface area contributed by atoms with E-state index < -0.39 is 61.5 Å². The molecule has 5 nitrogen and oxygen atoms in total. The quantitative estimate of drug-likeness (QED) is 0.278. The van der Waals surface area contributed by atoms with Crippen molar-refractivity contribution in [1.29, 1.82) is 0 Å². The fourth-order valence-electron chi connectivity index (χ4n) is 7.60. The number of hydrogen-bond donors (Lipinski definition) is 1. The molecular formula is C31H33F8NO4S. The summed E-state index contributed by atoms with van der Waals surface area (Å²) in [5.41, 5.74) is -8.68. The van der Waals surface area contributed by atoms with E-state index in [0.29, 0.717) is 37.8 Å². The second-order valence-electron chi connectivity index (χ2n) is 12.9. The third-order valence-corrected chi connectivity index (χ3v) is 12.6. The number of carbonyl (C=O) groups is 1. The van der Waals surface area contributed by atoms with Gasteiger partial charge in [-0.05, 0) is 100 Å². The molecule has 45 heavy (non-hydrogen) atoms. The van der Waals surface area contributed by atoms with Gasteiger partial charge >= 0.3 is 18.0 Å². The van der Waals surface area contributed by atoms with Gasteiger partial charge in [-0.25, -0.2) is 17.2 Å². The molecule has 248 valence electrons. The summed E-state index contributed by atoms with van der Waals surface area (Å²) >= 11 is 0. The number of fused-ring (bicyclic) bond motifs is 3. The number of nitrogens with zero attached hydrogens (tertiary/aromatic N) is 1. The molecule has 2 aromatic rings. The molecule has 1 saturated carbocycles. The zero-order valence-corrected chi connectivity index (χ0v) is 25.3. The van der Waals surface area contributed by atoms with Crippen molar-refractivity contribution in [3.05, 3.63) is 65.0 Å². The fraction of sp³-hybridized carbons (Fsp3) is 0.581. The lowest BCUT2D eigenvalue weighted by molar-refractivity contribution is -0.348. The van der Waals surface area contributed by atoms with Gasteiger partial charge in [0.05, 0.1) is 16.5 Å². The van der Waals surface area contributed by atoms with Gasteiger partial charge in [-0.2, -0.15) is 26.3 Å². The van der Waals surface area contributed by atoms with Crippen molar-refractivity contribution in [3.63, 3.8) is 0 Å². The van der Waals surface area contributed by atoms with E-state index in [1.807, 2.05) is 0 Å². The van der Waals surface area contributed by atoms with E-state index in [9.17, 15) is 49.1 Å². The highest BCUT2D eigenvalue weighted by atomic mass is 32.2. The van der Waals surface area contributed by atoms with Gasteiger partial charge in [0.25, 0.3) is 0 Å². The van der Waals surface area contributed by atoms with Crippen molar-refractivity contribution < 1.29 is 53.4 Å². The number of sulfone groups is 1. The maximum atomic E-state index is 15.0. The summed E-state index contributed by atoms with van der Waals surface area (Å²) in [6.45, 7) is 3.32. The van der Waals surface area contributed by atoms with Gasteiger partial charge in [-0.1, -0.05) is 18.2 Å². The van der Waals surface area contributed by atoms with Crippen LogP contribution in [0.3, 0.4) is 0 Å². The maximum absolute atomic E-state index is 15.0. The largest absolute Gasteiger partial charge is 0.435 e. The van der Waals surface area contributed by atoms with Crippen molar-refractivity contribution in [2.75, 3.05) is 6.54 Å². The van der Waals surface area contributed by atoms with Crippen LogP contribution in [-0.2, 0) is 31.5 Å². The molecule has 1 N–H and O–H groups in total. The van der Waals surface area contributed by atoms with Crippen molar-refractivity contribution in [3.8, 4) is 0 Å². The summed E-state index contributed by atoms with van der Waals surface area (Å²) in [5, 5.41) is 10.4. The summed E-state index contributed by atoms with van der Waals surface area (Å²) < 4.78 is 137. The molecule has 1 aliphatic heterocycles. The lowest BCUT2D eigenvalue weighted by Gasteiger charge is -2.44. The molecular weight excluding hydrogens is 634 g/mol. The fourth-order valence-corrected chi connectivity index (χ4v) is 9.97. The summed E-state index contributed by atoms with van der Waals surface area (Å²) in [6.07, 6.45) is -11.3. The van der Waals surface area contributed by atoms with Gasteiger partial charge in [0.1, 0.15) is 10.6 Å². The second kappa shape index (κ2) is 10.9. The molecule has 1 heterocycles. The molecule has 2 aromatic carbocycles. The molecule has 1 amide bonds. The SMILES string of the molecule is CC(C)(O)[C@H]1CC[C@H](C(=O)N2CC[C@@]3(S(=O)(=O)c4ccc(F)cc4)c4ccc(C(F)(C(F)(F)F)C(F)(F)F)cc4CC[C@@H]23)CC1. The summed E-state index contributed by atoms with van der Waals surface area (Å²) in [6, 6.07) is 4.35. The number of hydrogen-bond acceptors (Lipinski definition) is 4. The number of likely N-dealkylation sites (tertiary alicyclic amines) is 1.